The Balaban J connectivity index is 2.43. The van der Waals surface area contributed by atoms with Crippen LogP contribution in [0.3, 0.4) is 0 Å². The van der Waals surface area contributed by atoms with E-state index in [0.717, 1.165) is 0 Å². The van der Waals surface area contributed by atoms with E-state index in [-0.39, 0.29) is 17.5 Å². The highest BCUT2D eigenvalue weighted by molar-refractivity contribution is 5.71. The maximum atomic E-state index is 11.2. The molecule has 1 rings (SSSR count). The van der Waals surface area contributed by atoms with E-state index in [0.29, 0.717) is 19.6 Å². The summed E-state index contributed by atoms with van der Waals surface area (Å²) in [6.45, 7) is 8.55. The van der Waals surface area contributed by atoms with Gasteiger partial charge in [0.1, 0.15) is 5.60 Å². The highest BCUT2D eigenvalue weighted by Crippen LogP contribution is 2.39. The van der Waals surface area contributed by atoms with Crippen LogP contribution < -0.4 is 0 Å². The van der Waals surface area contributed by atoms with Crippen molar-refractivity contribution in [3.8, 4) is 0 Å². The Morgan fingerprint density at radius 3 is 2.85 bits per heavy atom. The molecule has 74 valence electrons. The minimum absolute atomic E-state index is 0.186. The van der Waals surface area contributed by atoms with E-state index in [1.165, 1.54) is 0 Å². The van der Waals surface area contributed by atoms with Crippen LogP contribution in [0.25, 0.3) is 0 Å². The van der Waals surface area contributed by atoms with E-state index in [4.69, 9.17) is 9.47 Å². The lowest BCUT2D eigenvalue weighted by Gasteiger charge is -2.15. The predicted molar refractivity (Wildman–Crippen MR) is 49.3 cm³/mol. The van der Waals surface area contributed by atoms with Crippen molar-refractivity contribution < 1.29 is 14.3 Å². The summed E-state index contributed by atoms with van der Waals surface area (Å²) in [7, 11) is 0. The second-order valence-electron chi connectivity index (χ2n) is 3.36. The fourth-order valence-electron chi connectivity index (χ4n) is 1.29. The van der Waals surface area contributed by atoms with Crippen LogP contribution in [0.2, 0.25) is 0 Å². The first-order valence-corrected chi connectivity index (χ1v) is 4.57. The number of rotatable bonds is 5. The third-order valence-corrected chi connectivity index (χ3v) is 2.45. The van der Waals surface area contributed by atoms with Crippen LogP contribution in [0, 0.1) is 5.92 Å². The molecule has 1 aliphatic heterocycles. The van der Waals surface area contributed by atoms with Crippen molar-refractivity contribution in [1.82, 2.24) is 0 Å². The summed E-state index contributed by atoms with van der Waals surface area (Å²) in [5.41, 5.74) is -0.312. The van der Waals surface area contributed by atoms with Crippen LogP contribution in [0.15, 0.2) is 12.7 Å². The van der Waals surface area contributed by atoms with Gasteiger partial charge < -0.3 is 9.47 Å². The third kappa shape index (κ3) is 2.31. The van der Waals surface area contributed by atoms with Gasteiger partial charge in [-0.1, -0.05) is 13.0 Å². The number of ether oxygens (including phenoxy) is 2. The largest absolute Gasteiger partial charge is 0.466 e. The molecule has 0 saturated carbocycles. The minimum atomic E-state index is -0.312. The first kappa shape index (κ1) is 10.3. The molecule has 1 saturated heterocycles. The van der Waals surface area contributed by atoms with E-state index in [1.54, 1.807) is 6.92 Å². The molecule has 0 amide bonds. The van der Waals surface area contributed by atoms with Gasteiger partial charge >= 0.3 is 5.97 Å². The fraction of sp³-hybridized carbons (Fsp3) is 0.700. The van der Waals surface area contributed by atoms with Gasteiger partial charge in [0.05, 0.1) is 19.6 Å². The number of epoxide rings is 1. The molecule has 0 aromatic rings. The molecule has 3 nitrogen and oxygen atoms in total. The zero-order valence-electron chi connectivity index (χ0n) is 8.21. The van der Waals surface area contributed by atoms with Crippen molar-refractivity contribution in [2.45, 2.75) is 25.9 Å². The van der Waals surface area contributed by atoms with Crippen LogP contribution in [0.5, 0.6) is 0 Å². The zero-order chi connectivity index (χ0) is 9.90. The molecular formula is C10H16O3. The monoisotopic (exact) mass is 184 g/mol. The van der Waals surface area contributed by atoms with E-state index in [9.17, 15) is 4.79 Å². The van der Waals surface area contributed by atoms with Gasteiger partial charge in [-0.3, -0.25) is 4.79 Å². The second kappa shape index (κ2) is 3.92. The van der Waals surface area contributed by atoms with Crippen molar-refractivity contribution in [1.29, 1.82) is 0 Å². The summed E-state index contributed by atoms with van der Waals surface area (Å²) in [6, 6.07) is 0. The molecule has 13 heavy (non-hydrogen) atoms. The molecule has 2 atom stereocenters. The number of carbonyl (C=O) groups excluding carboxylic acids is 1. The number of hydrogen-bond donors (Lipinski definition) is 0. The maximum absolute atomic E-state index is 11.2. The molecule has 0 spiro atoms. The zero-order valence-corrected chi connectivity index (χ0v) is 8.21. The van der Waals surface area contributed by atoms with Crippen LogP contribution in [-0.4, -0.2) is 24.8 Å². The van der Waals surface area contributed by atoms with Gasteiger partial charge in [0.15, 0.2) is 0 Å². The van der Waals surface area contributed by atoms with E-state index < -0.39 is 0 Å². The van der Waals surface area contributed by atoms with E-state index in [1.807, 2.05) is 13.0 Å². The molecule has 1 aliphatic rings. The van der Waals surface area contributed by atoms with Gasteiger partial charge in [-0.05, 0) is 6.92 Å². The molecule has 0 radical (unpaired) electrons. The Labute approximate surface area is 78.7 Å². The highest BCUT2D eigenvalue weighted by Gasteiger charge is 2.50. The Hall–Kier alpha value is -0.830. The summed E-state index contributed by atoms with van der Waals surface area (Å²) >= 11 is 0. The van der Waals surface area contributed by atoms with Gasteiger partial charge in [0.2, 0.25) is 0 Å². The topological polar surface area (TPSA) is 38.8 Å². The first-order chi connectivity index (χ1) is 6.14. The van der Waals surface area contributed by atoms with Crippen LogP contribution in [0.4, 0.5) is 0 Å². The Morgan fingerprint density at radius 2 is 2.46 bits per heavy atom. The summed E-state index contributed by atoms with van der Waals surface area (Å²) in [6.07, 6.45) is 2.15. The normalized spacial score (nSPS) is 27.8. The lowest BCUT2D eigenvalue weighted by atomic mass is 9.92. The van der Waals surface area contributed by atoms with Gasteiger partial charge in [-0.25, -0.2) is 0 Å². The van der Waals surface area contributed by atoms with Crippen LogP contribution in [0.1, 0.15) is 20.3 Å². The molecule has 0 aliphatic carbocycles. The van der Waals surface area contributed by atoms with Crippen molar-refractivity contribution in [3.63, 3.8) is 0 Å². The smallest absolute Gasteiger partial charge is 0.308 e. The van der Waals surface area contributed by atoms with Crippen molar-refractivity contribution in [2.24, 2.45) is 5.92 Å². The Morgan fingerprint density at radius 1 is 1.85 bits per heavy atom. The highest BCUT2D eigenvalue weighted by atomic mass is 16.6. The lowest BCUT2D eigenvalue weighted by Crippen LogP contribution is -2.25. The summed E-state index contributed by atoms with van der Waals surface area (Å²) in [5, 5.41) is 0. The van der Waals surface area contributed by atoms with Gasteiger partial charge in [-0.2, -0.15) is 0 Å². The maximum Gasteiger partial charge on any atom is 0.308 e. The van der Waals surface area contributed by atoms with Crippen LogP contribution >= 0.6 is 0 Å². The molecule has 2 unspecified atom stereocenters. The fourth-order valence-corrected chi connectivity index (χ4v) is 1.29. The average molecular weight is 184 g/mol. The molecule has 0 aromatic carbocycles. The first-order valence-electron chi connectivity index (χ1n) is 4.57. The number of hydrogen-bond acceptors (Lipinski definition) is 3. The van der Waals surface area contributed by atoms with Gasteiger partial charge in [0.25, 0.3) is 0 Å². The van der Waals surface area contributed by atoms with Crippen LogP contribution in [-0.2, 0) is 14.3 Å². The third-order valence-electron chi connectivity index (χ3n) is 2.45. The quantitative estimate of drug-likeness (QED) is 0.369. The predicted octanol–water partition coefficient (Wildman–Crippen LogP) is 1.53. The summed E-state index contributed by atoms with van der Waals surface area (Å²) < 4.78 is 10.2. The van der Waals surface area contributed by atoms with Crippen molar-refractivity contribution >= 4 is 5.97 Å². The molecule has 1 heterocycles. The Bertz CT molecular complexity index is 206. The standard InChI is InChI=1S/C10H16O3/c1-4-8(3)10(7-13-10)6-9(11)12-5-2/h4,8H,1,5-7H2,2-3H3. The number of carbonyl (C=O) groups is 1. The molecule has 0 aromatic heterocycles. The molecule has 1 fully saturated rings. The summed E-state index contributed by atoms with van der Waals surface area (Å²) in [5.74, 6) is 0.0191. The number of esters is 1. The molecule has 0 N–H and O–H groups in total. The average Bonchev–Trinajstić information content (AvgIpc) is 2.85. The lowest BCUT2D eigenvalue weighted by molar-refractivity contribution is -0.144. The molecule has 3 heteroatoms. The van der Waals surface area contributed by atoms with Gasteiger partial charge in [0, 0.05) is 5.92 Å². The minimum Gasteiger partial charge on any atom is -0.466 e. The van der Waals surface area contributed by atoms with E-state index >= 15 is 0 Å². The summed E-state index contributed by atoms with van der Waals surface area (Å²) in [4.78, 5) is 11.2. The van der Waals surface area contributed by atoms with E-state index in [2.05, 4.69) is 6.58 Å². The van der Waals surface area contributed by atoms with Gasteiger partial charge in [-0.15, -0.1) is 6.58 Å². The SMILES string of the molecule is C=CC(C)C1(CC(=O)OCC)CO1. The van der Waals surface area contributed by atoms with Crippen molar-refractivity contribution in [2.75, 3.05) is 13.2 Å². The second-order valence-corrected chi connectivity index (χ2v) is 3.36. The molecular weight excluding hydrogens is 168 g/mol. The molecule has 0 bridgehead atoms. The Kier molecular flexibility index (Phi) is 3.09. The van der Waals surface area contributed by atoms with Crippen molar-refractivity contribution in [3.05, 3.63) is 12.7 Å².